The van der Waals surface area contributed by atoms with Crippen molar-refractivity contribution in [2.24, 2.45) is 0 Å². The van der Waals surface area contributed by atoms with Crippen LogP contribution in [0.1, 0.15) is 32.5 Å². The van der Waals surface area contributed by atoms with Gasteiger partial charge in [0.1, 0.15) is 10.7 Å². The molecule has 130 valence electrons. The van der Waals surface area contributed by atoms with Crippen LogP contribution in [-0.4, -0.2) is 22.0 Å². The quantitative estimate of drug-likeness (QED) is 0.729. The molecule has 3 aromatic rings. The molecule has 1 amide bonds. The van der Waals surface area contributed by atoms with Gasteiger partial charge >= 0.3 is 5.97 Å². The molecule has 0 radical (unpaired) electrons. The van der Waals surface area contributed by atoms with Crippen molar-refractivity contribution in [3.63, 3.8) is 0 Å². The number of fused-ring (bicyclic) bond motifs is 1. The summed E-state index contributed by atoms with van der Waals surface area (Å²) in [5.74, 6) is -2.07. The number of nitrogens with zero attached hydrogens (tertiary/aromatic N) is 1. The number of benzene rings is 1. The summed E-state index contributed by atoms with van der Waals surface area (Å²) >= 11 is 1.11. The summed E-state index contributed by atoms with van der Waals surface area (Å²) in [7, 11) is 0. The van der Waals surface area contributed by atoms with Gasteiger partial charge in [-0.05, 0) is 29.3 Å². The zero-order valence-corrected chi connectivity index (χ0v) is 14.2. The summed E-state index contributed by atoms with van der Waals surface area (Å²) in [6.45, 7) is 0. The maximum Gasteiger partial charge on any atom is 0.346 e. The maximum absolute atomic E-state index is 13.7. The highest BCUT2D eigenvalue weighted by Crippen LogP contribution is 2.49. The molecule has 2 N–H and O–H groups in total. The van der Waals surface area contributed by atoms with Gasteiger partial charge in [-0.3, -0.25) is 9.78 Å². The molecule has 0 saturated heterocycles. The highest BCUT2D eigenvalue weighted by molar-refractivity contribution is 7.15. The van der Waals surface area contributed by atoms with Gasteiger partial charge in [0.05, 0.1) is 5.69 Å². The third kappa shape index (κ3) is 2.76. The van der Waals surface area contributed by atoms with Crippen LogP contribution in [0.25, 0.3) is 11.1 Å². The average Bonchev–Trinajstić information content (AvgIpc) is 3.01. The largest absolute Gasteiger partial charge is 0.477 e. The topological polar surface area (TPSA) is 79.3 Å². The van der Waals surface area contributed by atoms with Crippen LogP contribution in [0.2, 0.25) is 0 Å². The van der Waals surface area contributed by atoms with E-state index in [0.29, 0.717) is 16.8 Å². The molecule has 0 bridgehead atoms. The second-order valence-electron chi connectivity index (χ2n) is 5.95. The summed E-state index contributed by atoms with van der Waals surface area (Å²) in [6.07, 6.45) is 3.53. The Bertz CT molecular complexity index is 1020. The zero-order valence-electron chi connectivity index (χ0n) is 13.4. The molecule has 1 aliphatic rings. The summed E-state index contributed by atoms with van der Waals surface area (Å²) in [6, 6.07) is 9.36. The fourth-order valence-electron chi connectivity index (χ4n) is 3.21. The van der Waals surface area contributed by atoms with Crippen LogP contribution in [0, 0.1) is 5.82 Å². The second kappa shape index (κ2) is 6.34. The van der Waals surface area contributed by atoms with Gasteiger partial charge in [-0.15, -0.1) is 11.3 Å². The fraction of sp³-hybridized carbons (Fsp3) is 0.105. The normalized spacial score (nSPS) is 16.0. The lowest BCUT2D eigenvalue weighted by molar-refractivity contribution is -0.116. The number of halogens is 1. The number of aromatic nitrogens is 1. The van der Waals surface area contributed by atoms with Crippen molar-refractivity contribution in [3.8, 4) is 11.1 Å². The van der Waals surface area contributed by atoms with Crippen LogP contribution in [0.3, 0.4) is 0 Å². The van der Waals surface area contributed by atoms with Gasteiger partial charge < -0.3 is 10.4 Å². The Balaban J connectivity index is 1.96. The Labute approximate surface area is 152 Å². The molecular weight excluding hydrogens is 355 g/mol. The predicted molar refractivity (Wildman–Crippen MR) is 96.0 cm³/mol. The van der Waals surface area contributed by atoms with Crippen LogP contribution in [0.4, 0.5) is 10.1 Å². The summed E-state index contributed by atoms with van der Waals surface area (Å²) in [5.41, 5.74) is 2.06. The number of carbonyl (C=O) groups excluding carboxylic acids is 1. The van der Waals surface area contributed by atoms with Gasteiger partial charge in [0, 0.05) is 35.2 Å². The molecular formula is C19H13FN2O3S. The summed E-state index contributed by atoms with van der Waals surface area (Å²) in [4.78, 5) is 29.0. The van der Waals surface area contributed by atoms with Crippen LogP contribution < -0.4 is 5.32 Å². The number of hydrogen-bond acceptors (Lipinski definition) is 4. The number of aromatic carboxylic acids is 1. The first-order chi connectivity index (χ1) is 12.5. The first kappa shape index (κ1) is 16.4. The standard InChI is InChI=1S/C19H13FN2O3S/c20-12-5-1-3-10(7-12)15-16-17(26-18(15)19(24)25)13(8-14(23)22-16)11-4-2-6-21-9-11/h1-7,9,13H,8H2,(H,22,23)(H,24,25)/t13-/m1/s1. The minimum Gasteiger partial charge on any atom is -0.477 e. The van der Waals surface area contributed by atoms with Crippen molar-refractivity contribution in [3.05, 3.63) is 69.9 Å². The molecule has 0 aliphatic carbocycles. The second-order valence-corrected chi connectivity index (χ2v) is 7.00. The van der Waals surface area contributed by atoms with Gasteiger partial charge in [-0.2, -0.15) is 0 Å². The molecule has 0 saturated carbocycles. The molecule has 0 spiro atoms. The van der Waals surface area contributed by atoms with Crippen LogP contribution >= 0.6 is 11.3 Å². The molecule has 3 heterocycles. The van der Waals surface area contributed by atoms with Gasteiger partial charge in [-0.25, -0.2) is 9.18 Å². The Morgan fingerprint density at radius 1 is 1.31 bits per heavy atom. The van der Waals surface area contributed by atoms with E-state index < -0.39 is 11.8 Å². The number of carboxylic acid groups (broad SMARTS) is 1. The number of thiophene rings is 1. The van der Waals surface area contributed by atoms with Crippen LogP contribution in [0.5, 0.6) is 0 Å². The molecule has 1 atom stereocenters. The van der Waals surface area contributed by atoms with Crippen molar-refractivity contribution in [1.82, 2.24) is 4.98 Å². The van der Waals surface area contributed by atoms with Crippen LogP contribution in [-0.2, 0) is 4.79 Å². The molecule has 26 heavy (non-hydrogen) atoms. The molecule has 0 fully saturated rings. The molecule has 1 aliphatic heterocycles. The molecule has 1 aromatic carbocycles. The number of hydrogen-bond donors (Lipinski definition) is 2. The molecule has 2 aromatic heterocycles. The average molecular weight is 368 g/mol. The maximum atomic E-state index is 13.7. The van der Waals surface area contributed by atoms with Crippen molar-refractivity contribution < 1.29 is 19.1 Å². The zero-order chi connectivity index (χ0) is 18.3. The van der Waals surface area contributed by atoms with Gasteiger partial charge in [0.2, 0.25) is 5.91 Å². The monoisotopic (exact) mass is 368 g/mol. The molecule has 0 unspecified atom stereocenters. The Hall–Kier alpha value is -3.06. The number of anilines is 1. The Morgan fingerprint density at radius 2 is 2.15 bits per heavy atom. The van der Waals surface area contributed by atoms with E-state index in [-0.39, 0.29) is 23.1 Å². The summed E-state index contributed by atoms with van der Waals surface area (Å²) in [5, 5.41) is 12.4. The van der Waals surface area contributed by atoms with Gasteiger partial charge in [-0.1, -0.05) is 18.2 Å². The van der Waals surface area contributed by atoms with E-state index in [4.69, 9.17) is 0 Å². The minimum atomic E-state index is -1.11. The lowest BCUT2D eigenvalue weighted by Gasteiger charge is -2.23. The number of amides is 1. The van der Waals surface area contributed by atoms with Crippen LogP contribution in [0.15, 0.2) is 48.8 Å². The third-order valence-corrected chi connectivity index (χ3v) is 5.59. The molecule has 7 heteroatoms. The number of carbonyl (C=O) groups is 2. The smallest absolute Gasteiger partial charge is 0.346 e. The number of rotatable bonds is 3. The Kier molecular flexibility index (Phi) is 4.00. The summed E-state index contributed by atoms with van der Waals surface area (Å²) < 4.78 is 13.7. The number of pyridine rings is 1. The molecule has 4 rings (SSSR count). The molecule has 5 nitrogen and oxygen atoms in total. The lowest BCUT2D eigenvalue weighted by atomic mass is 9.89. The van der Waals surface area contributed by atoms with E-state index in [2.05, 4.69) is 10.3 Å². The van der Waals surface area contributed by atoms with Gasteiger partial charge in [0.25, 0.3) is 0 Å². The highest BCUT2D eigenvalue weighted by atomic mass is 32.1. The van der Waals surface area contributed by atoms with E-state index in [1.54, 1.807) is 24.5 Å². The first-order valence-electron chi connectivity index (χ1n) is 7.90. The van der Waals surface area contributed by atoms with Crippen molar-refractivity contribution in [2.45, 2.75) is 12.3 Å². The number of carboxylic acids is 1. The highest BCUT2D eigenvalue weighted by Gasteiger charge is 2.34. The first-order valence-corrected chi connectivity index (χ1v) is 8.72. The van der Waals surface area contributed by atoms with Crippen molar-refractivity contribution in [2.75, 3.05) is 5.32 Å². The lowest BCUT2D eigenvalue weighted by Crippen LogP contribution is -2.22. The Morgan fingerprint density at radius 3 is 2.85 bits per heavy atom. The van der Waals surface area contributed by atoms with Gasteiger partial charge in [0.15, 0.2) is 0 Å². The van der Waals surface area contributed by atoms with E-state index >= 15 is 0 Å². The van der Waals surface area contributed by atoms with Crippen molar-refractivity contribution >= 4 is 28.9 Å². The van der Waals surface area contributed by atoms with E-state index in [0.717, 1.165) is 21.8 Å². The van der Waals surface area contributed by atoms with E-state index in [1.165, 1.54) is 18.2 Å². The fourth-order valence-corrected chi connectivity index (χ4v) is 4.45. The number of nitrogens with one attached hydrogen (secondary N) is 1. The van der Waals surface area contributed by atoms with E-state index in [9.17, 15) is 19.1 Å². The van der Waals surface area contributed by atoms with Crippen molar-refractivity contribution in [1.29, 1.82) is 0 Å². The van der Waals surface area contributed by atoms with E-state index in [1.807, 2.05) is 6.07 Å². The predicted octanol–water partition coefficient (Wildman–Crippen LogP) is 4.12. The third-order valence-electron chi connectivity index (χ3n) is 4.30. The SMILES string of the molecule is O=C1C[C@H](c2cccnc2)c2sc(C(=O)O)c(-c3cccc(F)c3)c2N1. The minimum absolute atomic E-state index is 0.0803.